The molecule has 1 aliphatic rings. The van der Waals surface area contributed by atoms with Crippen molar-refractivity contribution in [1.82, 2.24) is 15.0 Å². The number of fused-ring (bicyclic) bond motifs is 1. The first-order valence-electron chi connectivity index (χ1n) is 11.4. The molecule has 1 saturated heterocycles. The number of anilines is 3. The number of halogens is 1. The molecule has 5 rings (SSSR count). The Morgan fingerprint density at radius 1 is 1.03 bits per heavy atom. The van der Waals surface area contributed by atoms with Gasteiger partial charge in [-0.1, -0.05) is 17.7 Å². The number of pyridine rings is 1. The summed E-state index contributed by atoms with van der Waals surface area (Å²) in [6, 6.07) is 9.21. The lowest BCUT2D eigenvalue weighted by Crippen LogP contribution is -2.47. The molecule has 4 heterocycles. The Hall–Kier alpha value is -3.63. The molecule has 0 atom stereocenters. The van der Waals surface area contributed by atoms with Crippen LogP contribution < -0.4 is 24.6 Å². The summed E-state index contributed by atoms with van der Waals surface area (Å²) in [5, 5.41) is 4.20. The van der Waals surface area contributed by atoms with Crippen LogP contribution in [0.5, 0.6) is 11.5 Å². The van der Waals surface area contributed by atoms with Gasteiger partial charge in [0.15, 0.2) is 0 Å². The summed E-state index contributed by atoms with van der Waals surface area (Å²) < 4.78 is 10.7. The molecule has 1 aromatic carbocycles. The van der Waals surface area contributed by atoms with Crippen molar-refractivity contribution in [2.24, 2.45) is 0 Å². The van der Waals surface area contributed by atoms with E-state index in [1.165, 1.54) is 25.6 Å². The van der Waals surface area contributed by atoms with Crippen molar-refractivity contribution in [3.63, 3.8) is 0 Å². The Balaban J connectivity index is 1.40. The third-order valence-corrected chi connectivity index (χ3v) is 7.68. The number of hydrogen-bond donors (Lipinski definition) is 1. The van der Waals surface area contributed by atoms with Gasteiger partial charge in [-0.05, 0) is 30.7 Å². The number of aryl methyl sites for hydroxylation is 1. The van der Waals surface area contributed by atoms with E-state index < -0.39 is 0 Å². The molecule has 0 aliphatic carbocycles. The van der Waals surface area contributed by atoms with Crippen molar-refractivity contribution in [3.05, 3.63) is 58.3 Å². The quantitative estimate of drug-likeness (QED) is 0.390. The highest BCUT2D eigenvalue weighted by Crippen LogP contribution is 2.38. The SMILES string of the molecule is COc1cc(OC)c(NC(=O)c2sc3ncnc(N4CCN(c5ccccn5)CC4)c3c2C)cc1Cl. The summed E-state index contributed by atoms with van der Waals surface area (Å²) in [5.74, 6) is 2.48. The van der Waals surface area contributed by atoms with Gasteiger partial charge in [0, 0.05) is 38.4 Å². The minimum atomic E-state index is -0.263. The second-order valence-electron chi connectivity index (χ2n) is 8.24. The highest BCUT2D eigenvalue weighted by atomic mass is 35.5. The summed E-state index contributed by atoms with van der Waals surface area (Å²) in [6.45, 7) is 5.18. The second kappa shape index (κ2) is 10.2. The lowest BCUT2D eigenvalue weighted by atomic mass is 10.1. The number of thiophene rings is 1. The van der Waals surface area contributed by atoms with Crippen LogP contribution in [-0.4, -0.2) is 61.3 Å². The van der Waals surface area contributed by atoms with Gasteiger partial charge in [0.2, 0.25) is 0 Å². The Morgan fingerprint density at radius 3 is 2.47 bits per heavy atom. The molecule has 0 bridgehead atoms. The van der Waals surface area contributed by atoms with Gasteiger partial charge in [-0.15, -0.1) is 11.3 Å². The number of nitrogens with one attached hydrogen (secondary N) is 1. The number of benzene rings is 1. The smallest absolute Gasteiger partial charge is 0.266 e. The van der Waals surface area contributed by atoms with E-state index in [1.54, 1.807) is 18.5 Å². The Morgan fingerprint density at radius 2 is 1.78 bits per heavy atom. The highest BCUT2D eigenvalue weighted by Gasteiger charge is 2.25. The van der Waals surface area contributed by atoms with Gasteiger partial charge in [-0.25, -0.2) is 15.0 Å². The molecule has 0 unspecified atom stereocenters. The maximum Gasteiger partial charge on any atom is 0.266 e. The predicted octanol–water partition coefficient (Wildman–Crippen LogP) is 4.64. The number of carbonyl (C=O) groups excluding carboxylic acids is 1. The van der Waals surface area contributed by atoms with Crippen molar-refractivity contribution in [2.45, 2.75) is 6.92 Å². The maximum atomic E-state index is 13.3. The number of piperazine rings is 1. The monoisotopic (exact) mass is 524 g/mol. The molecule has 9 nitrogen and oxygen atoms in total. The summed E-state index contributed by atoms with van der Waals surface area (Å²) >= 11 is 7.62. The number of hydrogen-bond acceptors (Lipinski definition) is 9. The molecule has 0 saturated carbocycles. The molecule has 3 aromatic heterocycles. The number of ether oxygens (including phenoxy) is 2. The maximum absolute atomic E-state index is 13.3. The van der Waals surface area contributed by atoms with Gasteiger partial charge in [0.05, 0.1) is 35.2 Å². The molecule has 1 fully saturated rings. The van der Waals surface area contributed by atoms with Crippen LogP contribution in [0.2, 0.25) is 5.02 Å². The number of amides is 1. The zero-order valence-electron chi connectivity index (χ0n) is 20.1. The largest absolute Gasteiger partial charge is 0.495 e. The summed E-state index contributed by atoms with van der Waals surface area (Å²) in [7, 11) is 3.05. The molecule has 186 valence electrons. The fraction of sp³-hybridized carbons (Fsp3) is 0.280. The van der Waals surface area contributed by atoms with E-state index in [9.17, 15) is 4.79 Å². The van der Waals surface area contributed by atoms with Gasteiger partial charge in [-0.2, -0.15) is 0 Å². The number of rotatable bonds is 6. The van der Waals surface area contributed by atoms with E-state index >= 15 is 0 Å². The van der Waals surface area contributed by atoms with Crippen LogP contribution >= 0.6 is 22.9 Å². The average Bonchev–Trinajstić information content (AvgIpc) is 3.26. The fourth-order valence-electron chi connectivity index (χ4n) is 4.33. The Labute approximate surface area is 217 Å². The number of methoxy groups -OCH3 is 2. The number of nitrogens with zero attached hydrogens (tertiary/aromatic N) is 5. The standard InChI is InChI=1S/C25H25ClN6O3S/c1-15-21-23(32-10-8-31(9-11-32)20-6-4-5-7-27-20)28-14-29-25(21)36-22(15)24(33)30-17-12-16(26)18(34-2)13-19(17)35-3/h4-7,12-14H,8-11H2,1-3H3,(H,30,33). The summed E-state index contributed by atoms with van der Waals surface area (Å²) in [5.41, 5.74) is 1.30. The Bertz CT molecular complexity index is 1410. The van der Waals surface area contributed by atoms with Gasteiger partial charge in [-0.3, -0.25) is 4.79 Å². The van der Waals surface area contributed by atoms with Gasteiger partial charge >= 0.3 is 0 Å². The fourth-order valence-corrected chi connectivity index (χ4v) is 5.61. The Kier molecular flexibility index (Phi) is 6.80. The van der Waals surface area contributed by atoms with Crippen LogP contribution in [0.3, 0.4) is 0 Å². The molecule has 1 amide bonds. The van der Waals surface area contributed by atoms with E-state index in [-0.39, 0.29) is 5.91 Å². The molecule has 36 heavy (non-hydrogen) atoms. The summed E-state index contributed by atoms with van der Waals surface area (Å²) in [4.78, 5) is 32.7. The molecule has 0 spiro atoms. The van der Waals surface area contributed by atoms with Crippen LogP contribution in [0.1, 0.15) is 15.2 Å². The highest BCUT2D eigenvalue weighted by molar-refractivity contribution is 7.20. The molecular weight excluding hydrogens is 500 g/mol. The van der Waals surface area contributed by atoms with Crippen molar-refractivity contribution < 1.29 is 14.3 Å². The number of aromatic nitrogens is 3. The topological polar surface area (TPSA) is 92.7 Å². The second-order valence-corrected chi connectivity index (χ2v) is 9.64. The van der Waals surface area contributed by atoms with Crippen LogP contribution in [-0.2, 0) is 0 Å². The first kappa shape index (κ1) is 24.1. The molecule has 4 aromatic rings. The van der Waals surface area contributed by atoms with Crippen molar-refractivity contribution in [1.29, 1.82) is 0 Å². The minimum absolute atomic E-state index is 0.263. The van der Waals surface area contributed by atoms with E-state index in [4.69, 9.17) is 21.1 Å². The predicted molar refractivity (Wildman–Crippen MR) is 143 cm³/mol. The lowest BCUT2D eigenvalue weighted by molar-refractivity contribution is 0.102. The lowest BCUT2D eigenvalue weighted by Gasteiger charge is -2.36. The van der Waals surface area contributed by atoms with E-state index in [0.717, 1.165) is 53.6 Å². The van der Waals surface area contributed by atoms with Gasteiger partial charge < -0.3 is 24.6 Å². The van der Waals surface area contributed by atoms with Crippen LogP contribution in [0.15, 0.2) is 42.9 Å². The average molecular weight is 525 g/mol. The minimum Gasteiger partial charge on any atom is -0.495 e. The first-order chi connectivity index (χ1) is 17.5. The molecule has 1 aliphatic heterocycles. The van der Waals surface area contributed by atoms with Gasteiger partial charge in [0.1, 0.15) is 34.3 Å². The van der Waals surface area contributed by atoms with E-state index in [1.807, 2.05) is 31.3 Å². The first-order valence-corrected chi connectivity index (χ1v) is 12.6. The van der Waals surface area contributed by atoms with E-state index in [2.05, 4.69) is 30.1 Å². The third-order valence-electron chi connectivity index (χ3n) is 6.19. The molecular formula is C25H25ClN6O3S. The molecule has 0 radical (unpaired) electrons. The van der Waals surface area contributed by atoms with Crippen LogP contribution in [0.25, 0.3) is 10.2 Å². The molecule has 11 heteroatoms. The van der Waals surface area contributed by atoms with Crippen molar-refractivity contribution >= 4 is 56.4 Å². The van der Waals surface area contributed by atoms with Gasteiger partial charge in [0.25, 0.3) is 5.91 Å². The van der Waals surface area contributed by atoms with Crippen LogP contribution in [0, 0.1) is 6.92 Å². The number of carbonyl (C=O) groups is 1. The zero-order chi connectivity index (χ0) is 25.2. The third kappa shape index (κ3) is 4.49. The van der Waals surface area contributed by atoms with Crippen LogP contribution in [0.4, 0.5) is 17.3 Å². The summed E-state index contributed by atoms with van der Waals surface area (Å²) in [6.07, 6.45) is 3.37. The van der Waals surface area contributed by atoms with E-state index in [0.29, 0.717) is 27.1 Å². The van der Waals surface area contributed by atoms with Crippen molar-refractivity contribution in [2.75, 3.05) is 55.5 Å². The molecule has 1 N–H and O–H groups in total. The zero-order valence-corrected chi connectivity index (χ0v) is 21.7. The van der Waals surface area contributed by atoms with Crippen molar-refractivity contribution in [3.8, 4) is 11.5 Å². The normalized spacial score (nSPS) is 13.7.